The molecule has 7 nitrogen and oxygen atoms in total. The Hall–Kier alpha value is -2.07. The van der Waals surface area contributed by atoms with Crippen LogP contribution in [0.4, 0.5) is 13.2 Å². The van der Waals surface area contributed by atoms with Crippen molar-refractivity contribution in [2.75, 3.05) is 19.7 Å². The summed E-state index contributed by atoms with van der Waals surface area (Å²) in [7, 11) is 0. The van der Waals surface area contributed by atoms with Crippen molar-refractivity contribution in [1.82, 2.24) is 29.6 Å². The quantitative estimate of drug-likeness (QED) is 0.746. The van der Waals surface area contributed by atoms with Crippen molar-refractivity contribution < 1.29 is 17.9 Å². The van der Waals surface area contributed by atoms with E-state index < -0.39 is 12.0 Å². The monoisotopic (exact) mass is 424 g/mol. The number of nitrogens with zero attached hydrogens (tertiary/aromatic N) is 6. The highest BCUT2D eigenvalue weighted by Gasteiger charge is 2.36. The molecule has 0 unspecified atom stereocenters. The fraction of sp³-hybridized carbons (Fsp3) is 0.700. The first-order valence-electron chi connectivity index (χ1n) is 10.4. The standard InChI is InChI=1S/C20H27F3N6O/c1-12(2)29-18(14-4-5-16(8-14)28-6-7-30-13(3)11-28)26-17(27-29)15-9-24-19(25-10-15)20(21,22)23/h9-10,12-14,16H,4-8,11H2,1-3H3/t13-,14+,16+/m1/s1. The highest BCUT2D eigenvalue weighted by molar-refractivity contribution is 5.51. The summed E-state index contributed by atoms with van der Waals surface area (Å²) in [5.41, 5.74) is 0.389. The molecule has 1 saturated carbocycles. The van der Waals surface area contributed by atoms with Crippen LogP contribution in [-0.2, 0) is 10.9 Å². The summed E-state index contributed by atoms with van der Waals surface area (Å²) in [6.45, 7) is 8.83. The van der Waals surface area contributed by atoms with Gasteiger partial charge in [0.1, 0.15) is 5.82 Å². The minimum absolute atomic E-state index is 0.0964. The van der Waals surface area contributed by atoms with E-state index in [1.807, 2.05) is 18.5 Å². The molecule has 2 aliphatic rings. The SMILES string of the molecule is CC(C)n1nc(-c2cnc(C(F)(F)F)nc2)nc1[C@H]1CC[C@H](N2CCO[C@H](C)C2)C1. The molecule has 2 fully saturated rings. The van der Waals surface area contributed by atoms with Gasteiger partial charge in [0.2, 0.25) is 5.82 Å². The van der Waals surface area contributed by atoms with Crippen LogP contribution >= 0.6 is 0 Å². The molecule has 2 aromatic heterocycles. The molecule has 0 aromatic carbocycles. The van der Waals surface area contributed by atoms with Gasteiger partial charge in [0.05, 0.1) is 18.3 Å². The van der Waals surface area contributed by atoms with Gasteiger partial charge in [0.25, 0.3) is 0 Å². The van der Waals surface area contributed by atoms with Gasteiger partial charge < -0.3 is 4.74 Å². The fourth-order valence-corrected chi connectivity index (χ4v) is 4.41. The molecule has 164 valence electrons. The third kappa shape index (κ3) is 4.34. The molecule has 4 rings (SSSR count). The lowest BCUT2D eigenvalue weighted by atomic mass is 10.1. The van der Waals surface area contributed by atoms with Crippen molar-refractivity contribution in [3.05, 3.63) is 24.0 Å². The van der Waals surface area contributed by atoms with Crippen molar-refractivity contribution in [3.63, 3.8) is 0 Å². The molecule has 2 aromatic rings. The summed E-state index contributed by atoms with van der Waals surface area (Å²) in [6.07, 6.45) is 1.10. The zero-order chi connectivity index (χ0) is 21.5. The summed E-state index contributed by atoms with van der Waals surface area (Å²) in [5.74, 6) is 0.375. The number of rotatable bonds is 4. The first kappa shape index (κ1) is 21.2. The van der Waals surface area contributed by atoms with E-state index in [0.29, 0.717) is 17.4 Å². The van der Waals surface area contributed by atoms with Gasteiger partial charge in [0, 0.05) is 43.5 Å². The van der Waals surface area contributed by atoms with Crippen molar-refractivity contribution in [2.24, 2.45) is 0 Å². The Morgan fingerprint density at radius 2 is 1.90 bits per heavy atom. The summed E-state index contributed by atoms with van der Waals surface area (Å²) < 4.78 is 45.8. The van der Waals surface area contributed by atoms with Crippen LogP contribution in [0.15, 0.2) is 12.4 Å². The number of aromatic nitrogens is 5. The summed E-state index contributed by atoms with van der Waals surface area (Å²) in [6, 6.07) is 0.593. The molecule has 3 heterocycles. The zero-order valence-electron chi connectivity index (χ0n) is 17.4. The molecule has 1 saturated heterocycles. The lowest BCUT2D eigenvalue weighted by Crippen LogP contribution is -2.45. The van der Waals surface area contributed by atoms with E-state index in [0.717, 1.165) is 57.2 Å². The van der Waals surface area contributed by atoms with Crippen LogP contribution in [-0.4, -0.2) is 61.5 Å². The molecule has 0 amide bonds. The Kier molecular flexibility index (Phi) is 5.80. The van der Waals surface area contributed by atoms with Crippen LogP contribution in [0, 0.1) is 0 Å². The first-order chi connectivity index (χ1) is 14.2. The molecule has 3 atom stereocenters. The number of alkyl halides is 3. The first-order valence-corrected chi connectivity index (χ1v) is 10.4. The maximum absolute atomic E-state index is 12.7. The minimum Gasteiger partial charge on any atom is -0.376 e. The average Bonchev–Trinajstić information content (AvgIpc) is 3.35. The minimum atomic E-state index is -4.57. The van der Waals surface area contributed by atoms with Crippen LogP contribution in [0.5, 0.6) is 0 Å². The van der Waals surface area contributed by atoms with E-state index >= 15 is 0 Å². The molecule has 30 heavy (non-hydrogen) atoms. The Balaban J connectivity index is 1.55. The Labute approximate surface area is 173 Å². The maximum atomic E-state index is 12.7. The van der Waals surface area contributed by atoms with Crippen molar-refractivity contribution in [3.8, 4) is 11.4 Å². The molecular weight excluding hydrogens is 397 g/mol. The van der Waals surface area contributed by atoms with Crippen molar-refractivity contribution >= 4 is 0 Å². The normalized spacial score (nSPS) is 25.9. The van der Waals surface area contributed by atoms with Gasteiger partial charge >= 0.3 is 6.18 Å². The van der Waals surface area contributed by atoms with Crippen molar-refractivity contribution in [2.45, 2.75) is 70.3 Å². The Morgan fingerprint density at radius 1 is 1.17 bits per heavy atom. The maximum Gasteiger partial charge on any atom is 0.451 e. The lowest BCUT2D eigenvalue weighted by Gasteiger charge is -2.35. The largest absolute Gasteiger partial charge is 0.451 e. The van der Waals surface area contributed by atoms with Gasteiger partial charge in [-0.25, -0.2) is 19.6 Å². The van der Waals surface area contributed by atoms with E-state index in [4.69, 9.17) is 9.72 Å². The van der Waals surface area contributed by atoms with Crippen LogP contribution in [0.1, 0.15) is 63.6 Å². The number of morpholine rings is 1. The van der Waals surface area contributed by atoms with Gasteiger partial charge in [0.15, 0.2) is 5.82 Å². The van der Waals surface area contributed by atoms with E-state index in [1.54, 1.807) is 0 Å². The molecule has 0 radical (unpaired) electrons. The summed E-state index contributed by atoms with van der Waals surface area (Å²) in [4.78, 5) is 14.1. The molecule has 0 bridgehead atoms. The summed E-state index contributed by atoms with van der Waals surface area (Å²) in [5, 5.41) is 4.58. The smallest absolute Gasteiger partial charge is 0.376 e. The molecule has 0 N–H and O–H groups in total. The van der Waals surface area contributed by atoms with Crippen LogP contribution in [0.2, 0.25) is 0 Å². The molecular formula is C20H27F3N6O. The van der Waals surface area contributed by atoms with Gasteiger partial charge in [-0.2, -0.15) is 18.3 Å². The van der Waals surface area contributed by atoms with E-state index in [2.05, 4.69) is 26.9 Å². The second kappa shape index (κ2) is 8.22. The summed E-state index contributed by atoms with van der Waals surface area (Å²) >= 11 is 0. The third-order valence-corrected chi connectivity index (χ3v) is 5.87. The highest BCUT2D eigenvalue weighted by atomic mass is 19.4. The lowest BCUT2D eigenvalue weighted by molar-refractivity contribution is -0.144. The van der Waals surface area contributed by atoms with E-state index in [-0.39, 0.29) is 18.1 Å². The Bertz CT molecular complexity index is 866. The highest BCUT2D eigenvalue weighted by Crippen LogP contribution is 2.38. The van der Waals surface area contributed by atoms with Crippen LogP contribution in [0.25, 0.3) is 11.4 Å². The van der Waals surface area contributed by atoms with Crippen LogP contribution < -0.4 is 0 Å². The van der Waals surface area contributed by atoms with Gasteiger partial charge in [-0.3, -0.25) is 4.90 Å². The topological polar surface area (TPSA) is 69.0 Å². The van der Waals surface area contributed by atoms with E-state index in [1.165, 1.54) is 0 Å². The second-order valence-corrected chi connectivity index (χ2v) is 8.47. The van der Waals surface area contributed by atoms with Crippen molar-refractivity contribution in [1.29, 1.82) is 0 Å². The van der Waals surface area contributed by atoms with Gasteiger partial charge in [-0.15, -0.1) is 0 Å². The van der Waals surface area contributed by atoms with E-state index in [9.17, 15) is 13.2 Å². The number of hydrogen-bond acceptors (Lipinski definition) is 6. The predicted molar refractivity (Wildman–Crippen MR) is 104 cm³/mol. The molecule has 0 spiro atoms. The average molecular weight is 424 g/mol. The predicted octanol–water partition coefficient (Wildman–Crippen LogP) is 3.69. The van der Waals surface area contributed by atoms with Gasteiger partial charge in [-0.05, 0) is 40.0 Å². The molecule has 1 aliphatic carbocycles. The van der Waals surface area contributed by atoms with Gasteiger partial charge in [-0.1, -0.05) is 0 Å². The number of ether oxygens (including phenoxy) is 1. The zero-order valence-corrected chi connectivity index (χ0v) is 17.4. The number of hydrogen-bond donors (Lipinski definition) is 0. The molecule has 1 aliphatic heterocycles. The Morgan fingerprint density at radius 3 is 2.53 bits per heavy atom. The van der Waals surface area contributed by atoms with Crippen LogP contribution in [0.3, 0.4) is 0 Å². The third-order valence-electron chi connectivity index (χ3n) is 5.87. The second-order valence-electron chi connectivity index (χ2n) is 8.47. The number of halogens is 3. The fourth-order valence-electron chi connectivity index (χ4n) is 4.41. The molecule has 10 heteroatoms.